The van der Waals surface area contributed by atoms with Crippen molar-refractivity contribution in [2.45, 2.75) is 6.92 Å². The van der Waals surface area contributed by atoms with E-state index in [2.05, 4.69) is 26.3 Å². The molecule has 4 rings (SSSR count). The average molecular weight is 354 g/mol. The number of rotatable bonds is 2. The van der Waals surface area contributed by atoms with E-state index in [0.717, 1.165) is 39.0 Å². The first kappa shape index (κ1) is 18.2. The predicted molar refractivity (Wildman–Crippen MR) is 101 cm³/mol. The number of benzene rings is 2. The van der Waals surface area contributed by atoms with E-state index in [4.69, 9.17) is 5.26 Å². The minimum Gasteiger partial charge on any atom is -0.412 e. The van der Waals surface area contributed by atoms with Gasteiger partial charge >= 0.3 is 0 Å². The molecule has 25 heavy (non-hydrogen) atoms. The highest BCUT2D eigenvalue weighted by molar-refractivity contribution is 6.10. The molecule has 2 heterocycles. The van der Waals surface area contributed by atoms with Crippen molar-refractivity contribution in [1.29, 1.82) is 5.26 Å². The van der Waals surface area contributed by atoms with Crippen molar-refractivity contribution in [1.82, 2.24) is 15.0 Å². The molecular weight excluding hydrogens is 338 g/mol. The molecule has 0 bridgehead atoms. The molecule has 0 atom stereocenters. The number of nitrogens with one attached hydrogen (secondary N) is 2. The van der Waals surface area contributed by atoms with E-state index in [0.29, 0.717) is 5.56 Å². The average Bonchev–Trinajstić information content (AvgIpc) is 3.03. The second-order valence-electron chi connectivity index (χ2n) is 5.38. The third-order valence-corrected chi connectivity index (χ3v) is 3.79. The SMILES string of the molecule is Cc1cc(Nc2ccc(C#N)cc2)c2c(ccc3nc[nH]c32)n1.Cl.O. The fourth-order valence-corrected chi connectivity index (χ4v) is 2.75. The molecule has 0 aliphatic heterocycles. The largest absolute Gasteiger partial charge is 0.412 e. The third-order valence-electron chi connectivity index (χ3n) is 3.79. The first-order chi connectivity index (χ1) is 11.2. The summed E-state index contributed by atoms with van der Waals surface area (Å²) in [4.78, 5) is 12.1. The van der Waals surface area contributed by atoms with E-state index in [1.54, 1.807) is 18.5 Å². The molecule has 0 aliphatic rings. The number of halogens is 1. The van der Waals surface area contributed by atoms with E-state index in [-0.39, 0.29) is 17.9 Å². The number of aryl methyl sites for hydroxylation is 1. The minimum absolute atomic E-state index is 0. The molecule has 0 radical (unpaired) electrons. The van der Waals surface area contributed by atoms with Gasteiger partial charge in [0.2, 0.25) is 0 Å². The fourth-order valence-electron chi connectivity index (χ4n) is 2.75. The Morgan fingerprint density at radius 1 is 1.08 bits per heavy atom. The molecular formula is C18H16ClN5O. The van der Waals surface area contributed by atoms with E-state index >= 15 is 0 Å². The topological polar surface area (TPSA) is 109 Å². The maximum absolute atomic E-state index is 8.90. The lowest BCUT2D eigenvalue weighted by Gasteiger charge is -2.11. The van der Waals surface area contributed by atoms with Crippen LogP contribution < -0.4 is 5.32 Å². The minimum atomic E-state index is 0. The Morgan fingerprint density at radius 3 is 2.52 bits per heavy atom. The summed E-state index contributed by atoms with van der Waals surface area (Å²) in [5.41, 5.74) is 6.25. The van der Waals surface area contributed by atoms with Crippen LogP contribution >= 0.6 is 12.4 Å². The van der Waals surface area contributed by atoms with Crippen LogP contribution in [0.4, 0.5) is 11.4 Å². The number of imidazole rings is 1. The van der Waals surface area contributed by atoms with Gasteiger partial charge in [0.05, 0.1) is 40.2 Å². The Bertz CT molecular complexity index is 1070. The summed E-state index contributed by atoms with van der Waals surface area (Å²) in [6.45, 7) is 1.97. The summed E-state index contributed by atoms with van der Waals surface area (Å²) >= 11 is 0. The van der Waals surface area contributed by atoms with Gasteiger partial charge in [-0.1, -0.05) is 0 Å². The molecule has 0 fully saturated rings. The van der Waals surface area contributed by atoms with Gasteiger partial charge in [0.25, 0.3) is 0 Å². The second kappa shape index (κ2) is 7.18. The number of aromatic nitrogens is 3. The highest BCUT2D eigenvalue weighted by atomic mass is 35.5. The molecule has 0 saturated carbocycles. The van der Waals surface area contributed by atoms with Crippen molar-refractivity contribution < 1.29 is 5.48 Å². The molecule has 0 aliphatic carbocycles. The van der Waals surface area contributed by atoms with E-state index in [1.807, 2.05) is 37.3 Å². The summed E-state index contributed by atoms with van der Waals surface area (Å²) in [7, 11) is 0. The molecule has 4 aromatic rings. The molecule has 7 heteroatoms. The number of hydrogen-bond acceptors (Lipinski definition) is 4. The molecule has 0 amide bonds. The van der Waals surface area contributed by atoms with E-state index in [9.17, 15) is 0 Å². The lowest BCUT2D eigenvalue weighted by molar-refractivity contribution is 0.824. The van der Waals surface area contributed by atoms with Crippen LogP contribution in [0.15, 0.2) is 48.8 Å². The first-order valence-electron chi connectivity index (χ1n) is 7.25. The van der Waals surface area contributed by atoms with Crippen molar-refractivity contribution in [3.05, 3.63) is 60.0 Å². The van der Waals surface area contributed by atoms with Gasteiger partial charge in [0.15, 0.2) is 0 Å². The van der Waals surface area contributed by atoms with Crippen LogP contribution in [0.5, 0.6) is 0 Å². The Labute approximate surface area is 150 Å². The van der Waals surface area contributed by atoms with Gasteiger partial charge in [-0.3, -0.25) is 4.98 Å². The number of aromatic amines is 1. The summed E-state index contributed by atoms with van der Waals surface area (Å²) < 4.78 is 0. The number of anilines is 2. The van der Waals surface area contributed by atoms with Crippen LogP contribution in [-0.4, -0.2) is 20.4 Å². The third kappa shape index (κ3) is 3.24. The molecule has 6 nitrogen and oxygen atoms in total. The van der Waals surface area contributed by atoms with Gasteiger partial charge in [0, 0.05) is 16.8 Å². The number of fused-ring (bicyclic) bond motifs is 3. The lowest BCUT2D eigenvalue weighted by atomic mass is 10.1. The van der Waals surface area contributed by atoms with Crippen molar-refractivity contribution in [3.63, 3.8) is 0 Å². The van der Waals surface area contributed by atoms with Crippen LogP contribution in [-0.2, 0) is 0 Å². The number of nitrogens with zero attached hydrogens (tertiary/aromatic N) is 3. The van der Waals surface area contributed by atoms with Crippen LogP contribution in [0.3, 0.4) is 0 Å². The Hall–Kier alpha value is -3.14. The highest BCUT2D eigenvalue weighted by Crippen LogP contribution is 2.31. The summed E-state index contributed by atoms with van der Waals surface area (Å²) in [6.07, 6.45) is 1.69. The summed E-state index contributed by atoms with van der Waals surface area (Å²) in [5, 5.41) is 13.3. The number of pyridine rings is 1. The van der Waals surface area contributed by atoms with Crippen LogP contribution in [0.2, 0.25) is 0 Å². The standard InChI is InChI=1S/C18H13N5.ClH.H2O/c1-11-8-16(23-13-4-2-12(9-19)3-5-13)17-14(22-11)6-7-15-18(17)21-10-20-15;;/h2-8,10H,1H3,(H,20,21)(H,22,23);1H;1H2. The van der Waals surface area contributed by atoms with E-state index in [1.165, 1.54) is 0 Å². The zero-order valence-corrected chi connectivity index (χ0v) is 14.2. The van der Waals surface area contributed by atoms with Gasteiger partial charge in [-0.05, 0) is 49.4 Å². The first-order valence-corrected chi connectivity index (χ1v) is 7.25. The van der Waals surface area contributed by atoms with Crippen LogP contribution in [0, 0.1) is 18.3 Å². The molecule has 126 valence electrons. The molecule has 2 aromatic heterocycles. The van der Waals surface area contributed by atoms with E-state index < -0.39 is 0 Å². The second-order valence-corrected chi connectivity index (χ2v) is 5.38. The predicted octanol–water partition coefficient (Wildman–Crippen LogP) is 3.63. The van der Waals surface area contributed by atoms with Crippen molar-refractivity contribution in [2.75, 3.05) is 5.32 Å². The smallest absolute Gasteiger partial charge is 0.0991 e. The number of hydrogen-bond donors (Lipinski definition) is 2. The van der Waals surface area contributed by atoms with Gasteiger partial charge in [0.1, 0.15) is 0 Å². The Kier molecular flexibility index (Phi) is 5.22. The number of nitriles is 1. The lowest BCUT2D eigenvalue weighted by Crippen LogP contribution is -1.95. The fraction of sp³-hybridized carbons (Fsp3) is 0.0556. The van der Waals surface area contributed by atoms with Gasteiger partial charge in [-0.15, -0.1) is 12.4 Å². The Balaban J connectivity index is 0.00000113. The van der Waals surface area contributed by atoms with Crippen LogP contribution in [0.1, 0.15) is 11.3 Å². The molecule has 4 N–H and O–H groups in total. The summed E-state index contributed by atoms with van der Waals surface area (Å²) in [6, 6.07) is 15.5. The zero-order valence-electron chi connectivity index (χ0n) is 13.4. The Morgan fingerprint density at radius 2 is 1.80 bits per heavy atom. The summed E-state index contributed by atoms with van der Waals surface area (Å²) in [5.74, 6) is 0. The van der Waals surface area contributed by atoms with Crippen molar-refractivity contribution in [3.8, 4) is 6.07 Å². The number of H-pyrrole nitrogens is 1. The van der Waals surface area contributed by atoms with Gasteiger partial charge < -0.3 is 15.8 Å². The maximum atomic E-state index is 8.90. The normalized spacial score (nSPS) is 9.92. The molecule has 0 spiro atoms. The maximum Gasteiger partial charge on any atom is 0.0991 e. The van der Waals surface area contributed by atoms with Gasteiger partial charge in [-0.25, -0.2) is 4.98 Å². The van der Waals surface area contributed by atoms with Crippen molar-refractivity contribution >= 4 is 45.7 Å². The molecule has 0 unspecified atom stereocenters. The van der Waals surface area contributed by atoms with Gasteiger partial charge in [-0.2, -0.15) is 5.26 Å². The molecule has 2 aromatic carbocycles. The molecule has 0 saturated heterocycles. The quantitative estimate of drug-likeness (QED) is 0.573. The monoisotopic (exact) mass is 353 g/mol. The van der Waals surface area contributed by atoms with Crippen LogP contribution in [0.25, 0.3) is 21.9 Å². The highest BCUT2D eigenvalue weighted by Gasteiger charge is 2.10. The zero-order chi connectivity index (χ0) is 15.8. The van der Waals surface area contributed by atoms with Crippen molar-refractivity contribution in [2.24, 2.45) is 0 Å².